The molecule has 0 saturated heterocycles. The summed E-state index contributed by atoms with van der Waals surface area (Å²) in [6.45, 7) is 0. The van der Waals surface area contributed by atoms with E-state index in [1.807, 2.05) is 24.3 Å². The first-order chi connectivity index (χ1) is 9.31. The van der Waals surface area contributed by atoms with Crippen LogP contribution in [0.4, 0.5) is 0 Å². The van der Waals surface area contributed by atoms with Gasteiger partial charge >= 0.3 is 7.80 Å². The highest BCUT2D eigenvalue weighted by Crippen LogP contribution is 2.37. The average Bonchev–Trinajstić information content (AvgIpc) is 2.25. The third-order valence-electron chi connectivity index (χ3n) is 2.37. The van der Waals surface area contributed by atoms with Crippen LogP contribution in [0.3, 0.4) is 0 Å². The summed E-state index contributed by atoms with van der Waals surface area (Å²) in [4.78, 5) is 0. The molecule has 0 unspecified atom stereocenters. The van der Waals surface area contributed by atoms with Gasteiger partial charge in [-0.05, 0) is 88.0 Å². The van der Waals surface area contributed by atoms with Crippen LogP contribution in [0, 0.1) is 0 Å². The molecule has 0 fully saturated rings. The molecule has 0 atom stereocenters. The van der Waals surface area contributed by atoms with Crippen molar-refractivity contribution in [1.82, 2.24) is 0 Å². The van der Waals surface area contributed by atoms with Gasteiger partial charge in [-0.1, -0.05) is 36.4 Å². The Morgan fingerprint density at radius 2 is 0.850 bits per heavy atom. The lowest BCUT2D eigenvalue weighted by Gasteiger charge is -2.02. The van der Waals surface area contributed by atoms with Gasteiger partial charge in [0.2, 0.25) is 10.6 Å². The van der Waals surface area contributed by atoms with Gasteiger partial charge in [0, 0.05) is 8.95 Å². The standard InChI is InChI=1S/C12H4Br6OP/c13-5-1-7(15)11(8(16)2-5)20(19)12-9(17)3-6(14)4-10(12)18/h1-4H/q+1. The lowest BCUT2D eigenvalue weighted by atomic mass is 10.4. The van der Waals surface area contributed by atoms with E-state index < -0.39 is 7.80 Å². The normalized spacial score (nSPS) is 10.7. The molecule has 2 aromatic carbocycles. The van der Waals surface area contributed by atoms with Gasteiger partial charge in [-0.15, -0.1) is 0 Å². The lowest BCUT2D eigenvalue weighted by molar-refractivity contribution is 0.598. The SMILES string of the molecule is O=[P+](c1c(Br)cc(Br)cc1Br)c1c(Br)cc(Br)cc1Br. The van der Waals surface area contributed by atoms with Crippen LogP contribution in [-0.2, 0) is 4.57 Å². The fourth-order valence-electron chi connectivity index (χ4n) is 1.57. The number of rotatable bonds is 2. The maximum atomic E-state index is 12.9. The van der Waals surface area contributed by atoms with Gasteiger partial charge in [0.05, 0.1) is 17.9 Å². The van der Waals surface area contributed by atoms with Crippen molar-refractivity contribution in [3.8, 4) is 0 Å². The minimum Gasteiger partial charge on any atom is -0.0611 e. The van der Waals surface area contributed by atoms with E-state index in [9.17, 15) is 4.57 Å². The van der Waals surface area contributed by atoms with Crippen molar-refractivity contribution < 1.29 is 4.57 Å². The summed E-state index contributed by atoms with van der Waals surface area (Å²) in [5.41, 5.74) is 0. The van der Waals surface area contributed by atoms with Crippen molar-refractivity contribution in [2.45, 2.75) is 0 Å². The van der Waals surface area contributed by atoms with Crippen LogP contribution in [0.15, 0.2) is 51.1 Å². The lowest BCUT2D eigenvalue weighted by Crippen LogP contribution is -2.12. The Balaban J connectivity index is 2.64. The highest BCUT2D eigenvalue weighted by atomic mass is 79.9. The third-order valence-corrected chi connectivity index (χ3v) is 8.79. The van der Waals surface area contributed by atoms with Crippen LogP contribution in [-0.4, -0.2) is 0 Å². The van der Waals surface area contributed by atoms with Crippen molar-refractivity contribution >= 4 is 114 Å². The van der Waals surface area contributed by atoms with Crippen molar-refractivity contribution in [2.75, 3.05) is 0 Å². The molecule has 0 amide bonds. The Morgan fingerprint density at radius 3 is 1.10 bits per heavy atom. The van der Waals surface area contributed by atoms with Gasteiger partial charge < -0.3 is 0 Å². The van der Waals surface area contributed by atoms with Crippen LogP contribution in [0.25, 0.3) is 0 Å². The largest absolute Gasteiger partial charge is 0.420 e. The average molecular weight is 675 g/mol. The monoisotopic (exact) mass is 669 g/mol. The first kappa shape index (κ1) is 17.8. The molecule has 0 aromatic heterocycles. The van der Waals surface area contributed by atoms with E-state index in [0.717, 1.165) is 37.4 Å². The topological polar surface area (TPSA) is 17.1 Å². The van der Waals surface area contributed by atoms with Crippen molar-refractivity contribution in [2.24, 2.45) is 0 Å². The van der Waals surface area contributed by atoms with Crippen LogP contribution < -0.4 is 10.6 Å². The van der Waals surface area contributed by atoms with E-state index in [0.29, 0.717) is 0 Å². The molecule has 0 heterocycles. The molecule has 0 aliphatic rings. The summed E-state index contributed by atoms with van der Waals surface area (Å²) in [6, 6.07) is 7.53. The predicted molar refractivity (Wildman–Crippen MR) is 106 cm³/mol. The van der Waals surface area contributed by atoms with Gasteiger partial charge in [-0.2, -0.15) is 0 Å². The molecule has 0 aliphatic heterocycles. The molecule has 104 valence electrons. The highest BCUT2D eigenvalue weighted by molar-refractivity contribution is 9.12. The van der Waals surface area contributed by atoms with E-state index >= 15 is 0 Å². The molecule has 0 spiro atoms. The third kappa shape index (κ3) is 3.84. The van der Waals surface area contributed by atoms with Crippen LogP contribution in [0.2, 0.25) is 0 Å². The van der Waals surface area contributed by atoms with Crippen LogP contribution in [0.5, 0.6) is 0 Å². The van der Waals surface area contributed by atoms with Crippen molar-refractivity contribution in [3.63, 3.8) is 0 Å². The van der Waals surface area contributed by atoms with Gasteiger partial charge in [0.15, 0.2) is 0 Å². The minimum absolute atomic E-state index is 0.729. The smallest absolute Gasteiger partial charge is 0.0611 e. The van der Waals surface area contributed by atoms with E-state index in [-0.39, 0.29) is 0 Å². The maximum Gasteiger partial charge on any atom is 0.420 e. The van der Waals surface area contributed by atoms with Crippen LogP contribution in [0.1, 0.15) is 0 Å². The van der Waals surface area contributed by atoms with Crippen molar-refractivity contribution in [1.29, 1.82) is 0 Å². The Labute approximate surface area is 167 Å². The first-order valence-corrected chi connectivity index (χ1v) is 11.1. The Bertz CT molecular complexity index is 610. The van der Waals surface area contributed by atoms with E-state index in [1.54, 1.807) is 0 Å². The minimum atomic E-state index is -1.76. The van der Waals surface area contributed by atoms with Gasteiger partial charge in [-0.25, -0.2) is 0 Å². The molecular formula is C12H4Br6OP+. The van der Waals surface area contributed by atoms with Crippen LogP contribution >= 0.6 is 103 Å². The zero-order valence-electron chi connectivity index (χ0n) is 9.43. The summed E-state index contributed by atoms with van der Waals surface area (Å²) in [7, 11) is -1.76. The van der Waals surface area contributed by atoms with Gasteiger partial charge in [0.25, 0.3) is 0 Å². The second-order valence-corrected chi connectivity index (χ2v) is 10.5. The molecule has 8 heteroatoms. The molecule has 2 aromatic rings. The summed E-state index contributed by atoms with van der Waals surface area (Å²) < 4.78 is 18.0. The number of benzene rings is 2. The zero-order valence-corrected chi connectivity index (χ0v) is 19.8. The summed E-state index contributed by atoms with van der Waals surface area (Å²) in [5, 5.41) is 1.46. The van der Waals surface area contributed by atoms with E-state index in [2.05, 4.69) is 95.6 Å². The van der Waals surface area contributed by atoms with Crippen molar-refractivity contribution in [3.05, 3.63) is 51.1 Å². The molecule has 20 heavy (non-hydrogen) atoms. The van der Waals surface area contributed by atoms with Gasteiger partial charge in [0.1, 0.15) is 0 Å². The maximum absolute atomic E-state index is 12.9. The van der Waals surface area contributed by atoms with Gasteiger partial charge in [-0.3, -0.25) is 0 Å². The summed E-state index contributed by atoms with van der Waals surface area (Å²) in [5.74, 6) is 0. The molecule has 0 aliphatic carbocycles. The Hall–Kier alpha value is 1.42. The molecule has 1 nitrogen and oxygen atoms in total. The molecule has 2 rings (SSSR count). The second kappa shape index (κ2) is 7.33. The first-order valence-electron chi connectivity index (χ1n) is 5.07. The molecule has 0 saturated carbocycles. The highest BCUT2D eigenvalue weighted by Gasteiger charge is 2.34. The molecule has 0 bridgehead atoms. The molecule has 0 N–H and O–H groups in total. The zero-order chi connectivity index (χ0) is 15.0. The second-order valence-electron chi connectivity index (χ2n) is 3.73. The summed E-state index contributed by atoms with van der Waals surface area (Å²) >= 11 is 20.7. The Kier molecular flexibility index (Phi) is 6.51. The Morgan fingerprint density at radius 1 is 0.600 bits per heavy atom. The van der Waals surface area contributed by atoms with E-state index in [4.69, 9.17) is 0 Å². The predicted octanol–water partition coefficient (Wildman–Crippen LogP) is 7.04. The number of hydrogen-bond donors (Lipinski definition) is 0. The molecular weight excluding hydrogens is 671 g/mol. The fourth-order valence-corrected chi connectivity index (χ4v) is 9.28. The van der Waals surface area contributed by atoms with E-state index in [1.165, 1.54) is 0 Å². The quantitative estimate of drug-likeness (QED) is 0.313. The molecule has 0 radical (unpaired) electrons. The number of halogens is 6. The fraction of sp³-hybridized carbons (Fsp3) is 0. The summed E-state index contributed by atoms with van der Waals surface area (Å²) in [6.07, 6.45) is 0. The number of hydrogen-bond acceptors (Lipinski definition) is 1.